The van der Waals surface area contributed by atoms with E-state index in [0.29, 0.717) is 16.5 Å². The Morgan fingerprint density at radius 1 is 1.50 bits per heavy atom. The first kappa shape index (κ1) is 11.3. The molecule has 0 fully saturated rings. The van der Waals surface area contributed by atoms with E-state index in [2.05, 4.69) is 15.9 Å². The zero-order valence-electron chi connectivity index (χ0n) is 9.03. The lowest BCUT2D eigenvalue weighted by molar-refractivity contribution is 0.0995. The van der Waals surface area contributed by atoms with E-state index in [4.69, 9.17) is 5.73 Å². The normalized spacial score (nSPS) is 14.2. The summed E-state index contributed by atoms with van der Waals surface area (Å²) in [6.45, 7) is 3.94. The van der Waals surface area contributed by atoms with Crippen molar-refractivity contribution in [2.75, 3.05) is 0 Å². The maximum atomic E-state index is 13.7. The van der Waals surface area contributed by atoms with Gasteiger partial charge in [-0.05, 0) is 43.0 Å². The first-order chi connectivity index (χ1) is 7.43. The highest BCUT2D eigenvalue weighted by Gasteiger charge is 2.26. The molecule has 0 heterocycles. The van der Waals surface area contributed by atoms with E-state index >= 15 is 0 Å². The highest BCUT2D eigenvalue weighted by Crippen LogP contribution is 2.40. The van der Waals surface area contributed by atoms with E-state index in [1.807, 2.05) is 13.8 Å². The number of hydrogen-bond donors (Lipinski definition) is 1. The molecule has 1 amide bonds. The van der Waals surface area contributed by atoms with Crippen LogP contribution in [0.2, 0.25) is 0 Å². The minimum atomic E-state index is -0.705. The number of primary amides is 1. The smallest absolute Gasteiger partial charge is 0.251 e. The summed E-state index contributed by atoms with van der Waals surface area (Å²) in [6.07, 6.45) is 0.593. The van der Waals surface area contributed by atoms with E-state index in [9.17, 15) is 9.18 Å². The van der Waals surface area contributed by atoms with Gasteiger partial charge in [0.05, 0.1) is 5.56 Å². The van der Waals surface area contributed by atoms with Crippen LogP contribution >= 0.6 is 15.9 Å². The molecule has 0 atom stereocenters. The Bertz CT molecular complexity index is 534. The van der Waals surface area contributed by atoms with E-state index in [1.54, 1.807) is 0 Å². The highest BCUT2D eigenvalue weighted by molar-refractivity contribution is 9.10. The Balaban J connectivity index is 2.79. The van der Waals surface area contributed by atoms with E-state index in [-0.39, 0.29) is 5.56 Å². The van der Waals surface area contributed by atoms with E-state index in [0.717, 1.165) is 16.7 Å². The molecular formula is C12H11BrFNO. The standard InChI is InChI=1S/C12H11BrFNO/c1-5-3-7-10(6(5)2)8(13)4-9(14)11(7)12(15)16/h4H,3H2,1-2H3,(H2,15,16). The number of carbonyl (C=O) groups excluding carboxylic acids is 1. The Kier molecular flexibility index (Phi) is 2.62. The van der Waals surface area contributed by atoms with Gasteiger partial charge in [-0.2, -0.15) is 0 Å². The minimum Gasteiger partial charge on any atom is -0.365 e. The molecule has 0 spiro atoms. The fourth-order valence-corrected chi connectivity index (χ4v) is 2.87. The van der Waals surface area contributed by atoms with Crippen LogP contribution < -0.4 is 5.73 Å². The summed E-state index contributed by atoms with van der Waals surface area (Å²) >= 11 is 3.32. The van der Waals surface area contributed by atoms with Gasteiger partial charge in [0, 0.05) is 4.47 Å². The van der Waals surface area contributed by atoms with Crippen LogP contribution in [0.4, 0.5) is 4.39 Å². The number of amides is 1. The zero-order chi connectivity index (χ0) is 12.0. The predicted molar refractivity (Wildman–Crippen MR) is 64.6 cm³/mol. The minimum absolute atomic E-state index is 0.0226. The molecule has 1 aliphatic carbocycles. The van der Waals surface area contributed by atoms with Crippen molar-refractivity contribution in [2.45, 2.75) is 20.3 Å². The molecule has 84 valence electrons. The fraction of sp³-hybridized carbons (Fsp3) is 0.250. The van der Waals surface area contributed by atoms with Gasteiger partial charge in [-0.15, -0.1) is 0 Å². The molecule has 0 bridgehead atoms. The maximum absolute atomic E-state index is 13.7. The lowest BCUT2D eigenvalue weighted by Gasteiger charge is -2.10. The largest absolute Gasteiger partial charge is 0.365 e. The Labute approximate surface area is 101 Å². The molecule has 0 unspecified atom stereocenters. The van der Waals surface area contributed by atoms with Crippen LogP contribution in [-0.2, 0) is 6.42 Å². The van der Waals surface area contributed by atoms with E-state index < -0.39 is 11.7 Å². The quantitative estimate of drug-likeness (QED) is 0.846. The molecule has 1 aromatic carbocycles. The first-order valence-corrected chi connectivity index (χ1v) is 5.70. The van der Waals surface area contributed by atoms with Crippen molar-refractivity contribution in [3.63, 3.8) is 0 Å². The molecule has 2 nitrogen and oxygen atoms in total. The Hall–Kier alpha value is -1.16. The second-order valence-electron chi connectivity index (χ2n) is 4.02. The highest BCUT2D eigenvalue weighted by atomic mass is 79.9. The van der Waals surface area contributed by atoms with Crippen LogP contribution in [0.15, 0.2) is 16.1 Å². The van der Waals surface area contributed by atoms with Crippen molar-refractivity contribution >= 4 is 27.4 Å². The average Bonchev–Trinajstić information content (AvgIpc) is 2.42. The molecule has 4 heteroatoms. The number of hydrogen-bond acceptors (Lipinski definition) is 1. The van der Waals surface area contributed by atoms with Crippen LogP contribution in [0.25, 0.3) is 5.57 Å². The number of halogens is 2. The van der Waals surface area contributed by atoms with Gasteiger partial charge in [-0.1, -0.05) is 21.5 Å². The molecule has 0 aliphatic heterocycles. The summed E-state index contributed by atoms with van der Waals surface area (Å²) in [4.78, 5) is 11.3. The van der Waals surface area contributed by atoms with Crippen LogP contribution in [0.5, 0.6) is 0 Å². The summed E-state index contributed by atoms with van der Waals surface area (Å²) in [5, 5.41) is 0. The number of allylic oxidation sites excluding steroid dienone is 2. The summed E-state index contributed by atoms with van der Waals surface area (Å²) < 4.78 is 14.3. The molecule has 16 heavy (non-hydrogen) atoms. The predicted octanol–water partition coefficient (Wildman–Crippen LogP) is 3.04. The Morgan fingerprint density at radius 3 is 2.69 bits per heavy atom. The lowest BCUT2D eigenvalue weighted by Crippen LogP contribution is -2.16. The molecule has 1 aromatic rings. The van der Waals surface area contributed by atoms with Gasteiger partial charge < -0.3 is 5.73 Å². The van der Waals surface area contributed by atoms with Crippen molar-refractivity contribution in [2.24, 2.45) is 5.73 Å². The van der Waals surface area contributed by atoms with Crippen LogP contribution in [0, 0.1) is 5.82 Å². The van der Waals surface area contributed by atoms with Gasteiger partial charge in [0.2, 0.25) is 0 Å². The van der Waals surface area contributed by atoms with Gasteiger partial charge in [0.1, 0.15) is 5.82 Å². The molecule has 2 N–H and O–H groups in total. The van der Waals surface area contributed by atoms with Crippen molar-refractivity contribution in [1.29, 1.82) is 0 Å². The second-order valence-corrected chi connectivity index (χ2v) is 4.87. The third-order valence-electron chi connectivity index (χ3n) is 3.04. The SMILES string of the molecule is CC1=C(C)c2c(Br)cc(F)c(C(N)=O)c2C1. The third kappa shape index (κ3) is 1.48. The molecular weight excluding hydrogens is 273 g/mol. The summed E-state index contributed by atoms with van der Waals surface area (Å²) in [7, 11) is 0. The monoisotopic (exact) mass is 283 g/mol. The van der Waals surface area contributed by atoms with Crippen molar-refractivity contribution in [1.82, 2.24) is 0 Å². The van der Waals surface area contributed by atoms with Crippen LogP contribution in [-0.4, -0.2) is 5.91 Å². The van der Waals surface area contributed by atoms with Gasteiger partial charge in [0.15, 0.2) is 0 Å². The summed E-state index contributed by atoms with van der Waals surface area (Å²) in [5.74, 6) is -1.26. The molecule has 0 aromatic heterocycles. The molecule has 0 radical (unpaired) electrons. The Morgan fingerprint density at radius 2 is 2.12 bits per heavy atom. The van der Waals surface area contributed by atoms with Crippen LogP contribution in [0.1, 0.15) is 35.3 Å². The van der Waals surface area contributed by atoms with Crippen molar-refractivity contribution < 1.29 is 9.18 Å². The third-order valence-corrected chi connectivity index (χ3v) is 3.66. The number of rotatable bonds is 1. The number of benzene rings is 1. The zero-order valence-corrected chi connectivity index (χ0v) is 10.6. The molecule has 2 rings (SSSR count). The second kappa shape index (κ2) is 3.70. The summed E-state index contributed by atoms with van der Waals surface area (Å²) in [5.41, 5.74) is 9.08. The van der Waals surface area contributed by atoms with Gasteiger partial charge in [-0.25, -0.2) is 4.39 Å². The fourth-order valence-electron chi connectivity index (χ4n) is 2.13. The van der Waals surface area contributed by atoms with Crippen molar-refractivity contribution in [3.05, 3.63) is 38.6 Å². The molecule has 1 aliphatic rings. The summed E-state index contributed by atoms with van der Waals surface area (Å²) in [6, 6.07) is 1.31. The van der Waals surface area contributed by atoms with Gasteiger partial charge in [0.25, 0.3) is 5.91 Å². The topological polar surface area (TPSA) is 43.1 Å². The van der Waals surface area contributed by atoms with Crippen molar-refractivity contribution in [3.8, 4) is 0 Å². The first-order valence-electron chi connectivity index (χ1n) is 4.91. The van der Waals surface area contributed by atoms with Gasteiger partial charge >= 0.3 is 0 Å². The number of nitrogens with two attached hydrogens (primary N) is 1. The van der Waals surface area contributed by atoms with Gasteiger partial charge in [-0.3, -0.25) is 4.79 Å². The average molecular weight is 284 g/mol. The number of fused-ring (bicyclic) bond motifs is 1. The lowest BCUT2D eigenvalue weighted by atomic mass is 9.99. The maximum Gasteiger partial charge on any atom is 0.251 e. The number of carbonyl (C=O) groups is 1. The molecule has 0 saturated heterocycles. The van der Waals surface area contributed by atoms with Crippen LogP contribution in [0.3, 0.4) is 0 Å². The molecule has 0 saturated carbocycles. The van der Waals surface area contributed by atoms with E-state index in [1.165, 1.54) is 6.07 Å².